The van der Waals surface area contributed by atoms with E-state index in [1.54, 1.807) is 12.1 Å². The number of nitrogens with one attached hydrogen (secondary N) is 1. The second-order valence-corrected chi connectivity index (χ2v) is 4.86. The summed E-state index contributed by atoms with van der Waals surface area (Å²) >= 11 is 3.15. The number of hydrogen-bond acceptors (Lipinski definition) is 1. The van der Waals surface area contributed by atoms with Gasteiger partial charge >= 0.3 is 0 Å². The molecule has 0 aliphatic heterocycles. The van der Waals surface area contributed by atoms with Crippen molar-refractivity contribution in [2.45, 2.75) is 6.92 Å². The van der Waals surface area contributed by atoms with Crippen LogP contribution in [0.15, 0.2) is 46.9 Å². The fourth-order valence-corrected chi connectivity index (χ4v) is 1.93. The van der Waals surface area contributed by atoms with Gasteiger partial charge in [0, 0.05) is 10.2 Å². The Morgan fingerprint density at radius 3 is 2.67 bits per heavy atom. The van der Waals surface area contributed by atoms with E-state index >= 15 is 0 Å². The van der Waals surface area contributed by atoms with Crippen LogP contribution in [0.3, 0.4) is 0 Å². The van der Waals surface area contributed by atoms with E-state index in [4.69, 9.17) is 0 Å². The van der Waals surface area contributed by atoms with Gasteiger partial charge in [-0.2, -0.15) is 0 Å². The monoisotopic (exact) mass is 307 g/mol. The molecule has 0 fully saturated rings. The maximum absolute atomic E-state index is 13.6. The van der Waals surface area contributed by atoms with Gasteiger partial charge in [-0.15, -0.1) is 0 Å². The average Bonchev–Trinajstić information content (AvgIpc) is 2.28. The molecule has 2 rings (SSSR count). The van der Waals surface area contributed by atoms with E-state index in [1.165, 1.54) is 12.1 Å². The summed E-state index contributed by atoms with van der Waals surface area (Å²) in [4.78, 5) is 11.9. The van der Waals surface area contributed by atoms with Gasteiger partial charge in [-0.25, -0.2) is 4.39 Å². The minimum atomic E-state index is -0.547. The lowest BCUT2D eigenvalue weighted by atomic mass is 10.2. The maximum atomic E-state index is 13.6. The maximum Gasteiger partial charge on any atom is 0.258 e. The fourth-order valence-electron chi connectivity index (χ4n) is 1.59. The van der Waals surface area contributed by atoms with Gasteiger partial charge in [-0.3, -0.25) is 4.79 Å². The van der Waals surface area contributed by atoms with Gasteiger partial charge in [-0.1, -0.05) is 28.1 Å². The highest BCUT2D eigenvalue weighted by Crippen LogP contribution is 2.17. The molecule has 0 aliphatic carbocycles. The fraction of sp³-hybridized carbons (Fsp3) is 0.0714. The Labute approximate surface area is 113 Å². The van der Waals surface area contributed by atoms with Crippen molar-refractivity contribution in [3.63, 3.8) is 0 Å². The summed E-state index contributed by atoms with van der Waals surface area (Å²) in [5.74, 6) is -1.000. The summed E-state index contributed by atoms with van der Waals surface area (Å²) < 4.78 is 14.2. The minimum Gasteiger partial charge on any atom is -0.322 e. The smallest absolute Gasteiger partial charge is 0.258 e. The highest BCUT2D eigenvalue weighted by atomic mass is 79.9. The molecule has 0 bridgehead atoms. The highest BCUT2D eigenvalue weighted by molar-refractivity contribution is 9.10. The van der Waals surface area contributed by atoms with Gasteiger partial charge in [-0.05, 0) is 42.8 Å². The van der Waals surface area contributed by atoms with Crippen LogP contribution in [-0.4, -0.2) is 5.91 Å². The quantitative estimate of drug-likeness (QED) is 0.887. The standard InChI is InChI=1S/C14H11BrFNO/c1-9-3-2-4-11(7-9)17-14(18)12-6-5-10(15)8-13(12)16/h2-8H,1H3,(H,17,18). The number of carbonyl (C=O) groups is 1. The van der Waals surface area contributed by atoms with Crippen molar-refractivity contribution in [3.05, 3.63) is 63.9 Å². The summed E-state index contributed by atoms with van der Waals surface area (Å²) in [5.41, 5.74) is 1.71. The van der Waals surface area contributed by atoms with Gasteiger partial charge in [0.2, 0.25) is 0 Å². The number of aryl methyl sites for hydroxylation is 1. The van der Waals surface area contributed by atoms with Gasteiger partial charge in [0.1, 0.15) is 5.82 Å². The Morgan fingerprint density at radius 1 is 1.22 bits per heavy atom. The van der Waals surface area contributed by atoms with Crippen LogP contribution in [0, 0.1) is 12.7 Å². The molecule has 18 heavy (non-hydrogen) atoms. The zero-order valence-electron chi connectivity index (χ0n) is 9.71. The summed E-state index contributed by atoms with van der Waals surface area (Å²) in [7, 11) is 0. The van der Waals surface area contributed by atoms with Crippen molar-refractivity contribution in [1.29, 1.82) is 0 Å². The second kappa shape index (κ2) is 5.31. The molecule has 0 saturated heterocycles. The first-order valence-electron chi connectivity index (χ1n) is 5.39. The Morgan fingerprint density at radius 2 is 2.00 bits per heavy atom. The lowest BCUT2D eigenvalue weighted by molar-refractivity contribution is 0.102. The molecular weight excluding hydrogens is 297 g/mol. The summed E-state index contributed by atoms with van der Waals surface area (Å²) in [6.07, 6.45) is 0. The Bertz CT molecular complexity index is 598. The number of hydrogen-bond donors (Lipinski definition) is 1. The SMILES string of the molecule is Cc1cccc(NC(=O)c2ccc(Br)cc2F)c1. The molecule has 0 radical (unpaired) electrons. The van der Waals surface area contributed by atoms with Crippen molar-refractivity contribution in [2.75, 3.05) is 5.32 Å². The normalized spacial score (nSPS) is 10.2. The second-order valence-electron chi connectivity index (χ2n) is 3.95. The molecule has 1 amide bonds. The largest absolute Gasteiger partial charge is 0.322 e. The third kappa shape index (κ3) is 2.96. The number of rotatable bonds is 2. The van der Waals surface area contributed by atoms with Crippen LogP contribution in [0.5, 0.6) is 0 Å². The number of carbonyl (C=O) groups excluding carboxylic acids is 1. The van der Waals surface area contributed by atoms with E-state index < -0.39 is 11.7 Å². The Balaban J connectivity index is 2.22. The predicted octanol–water partition coefficient (Wildman–Crippen LogP) is 4.15. The van der Waals surface area contributed by atoms with E-state index in [0.717, 1.165) is 5.56 Å². The molecule has 92 valence electrons. The first-order chi connectivity index (χ1) is 8.56. The Hall–Kier alpha value is -1.68. The van der Waals surface area contributed by atoms with Crippen LogP contribution in [0.4, 0.5) is 10.1 Å². The van der Waals surface area contributed by atoms with E-state index in [1.807, 2.05) is 25.1 Å². The van der Waals surface area contributed by atoms with Crippen LogP contribution in [0.25, 0.3) is 0 Å². The summed E-state index contributed by atoms with van der Waals surface area (Å²) in [5, 5.41) is 2.67. The average molecular weight is 308 g/mol. The number of amides is 1. The molecule has 0 unspecified atom stereocenters. The molecule has 0 heterocycles. The topological polar surface area (TPSA) is 29.1 Å². The molecule has 0 atom stereocenters. The van der Waals surface area contributed by atoms with Gasteiger partial charge in [0.15, 0.2) is 0 Å². The summed E-state index contributed by atoms with van der Waals surface area (Å²) in [6, 6.07) is 11.7. The molecule has 0 saturated carbocycles. The third-order valence-electron chi connectivity index (χ3n) is 2.45. The van der Waals surface area contributed by atoms with Gasteiger partial charge < -0.3 is 5.32 Å². The Kier molecular flexibility index (Phi) is 3.77. The van der Waals surface area contributed by atoms with Crippen LogP contribution in [0.1, 0.15) is 15.9 Å². The molecule has 0 aliphatic rings. The third-order valence-corrected chi connectivity index (χ3v) is 2.94. The molecule has 0 spiro atoms. The number of benzene rings is 2. The molecule has 1 N–H and O–H groups in total. The van der Waals surface area contributed by atoms with E-state index in [0.29, 0.717) is 10.2 Å². The minimum absolute atomic E-state index is 0.0275. The molecule has 2 aromatic rings. The van der Waals surface area contributed by atoms with Gasteiger partial charge in [0.25, 0.3) is 5.91 Å². The first kappa shape index (κ1) is 12.8. The highest BCUT2D eigenvalue weighted by Gasteiger charge is 2.11. The van der Waals surface area contributed by atoms with Crippen molar-refractivity contribution in [3.8, 4) is 0 Å². The van der Waals surface area contributed by atoms with E-state index in [9.17, 15) is 9.18 Å². The van der Waals surface area contributed by atoms with Crippen LogP contribution in [-0.2, 0) is 0 Å². The lowest BCUT2D eigenvalue weighted by Gasteiger charge is -2.07. The van der Waals surface area contributed by atoms with Crippen molar-refractivity contribution < 1.29 is 9.18 Å². The zero-order chi connectivity index (χ0) is 13.1. The van der Waals surface area contributed by atoms with Crippen LogP contribution >= 0.6 is 15.9 Å². The number of anilines is 1. The van der Waals surface area contributed by atoms with Crippen LogP contribution < -0.4 is 5.32 Å². The first-order valence-corrected chi connectivity index (χ1v) is 6.18. The summed E-state index contributed by atoms with van der Waals surface area (Å²) in [6.45, 7) is 1.93. The number of halogens is 2. The van der Waals surface area contributed by atoms with Gasteiger partial charge in [0.05, 0.1) is 5.56 Å². The zero-order valence-corrected chi connectivity index (χ0v) is 11.3. The molecule has 0 aromatic heterocycles. The van der Waals surface area contributed by atoms with Crippen molar-refractivity contribution in [1.82, 2.24) is 0 Å². The van der Waals surface area contributed by atoms with Crippen LogP contribution in [0.2, 0.25) is 0 Å². The molecular formula is C14H11BrFNO. The molecule has 4 heteroatoms. The van der Waals surface area contributed by atoms with Crippen molar-refractivity contribution in [2.24, 2.45) is 0 Å². The molecule has 2 aromatic carbocycles. The molecule has 2 nitrogen and oxygen atoms in total. The van der Waals surface area contributed by atoms with E-state index in [-0.39, 0.29) is 5.56 Å². The lowest BCUT2D eigenvalue weighted by Crippen LogP contribution is -2.13. The van der Waals surface area contributed by atoms with E-state index in [2.05, 4.69) is 21.2 Å². The van der Waals surface area contributed by atoms with Crippen molar-refractivity contribution >= 4 is 27.5 Å². The predicted molar refractivity (Wildman–Crippen MR) is 73.2 cm³/mol.